The van der Waals surface area contributed by atoms with Crippen molar-refractivity contribution in [2.45, 2.75) is 31.7 Å². The van der Waals surface area contributed by atoms with Crippen LogP contribution in [0, 0.1) is 0 Å². The topological polar surface area (TPSA) is 43.7 Å². The second kappa shape index (κ2) is 3.93. The van der Waals surface area contributed by atoms with Crippen LogP contribution in [0.25, 0.3) is 0 Å². The summed E-state index contributed by atoms with van der Waals surface area (Å²) in [4.78, 5) is 1.74. The third kappa shape index (κ3) is 1.91. The molecular weight excluding hydrogens is 190 g/mol. The molecular formula is C12H17NO2. The molecule has 1 aromatic carbocycles. The lowest BCUT2D eigenvalue weighted by Gasteiger charge is -2.35. The van der Waals surface area contributed by atoms with Gasteiger partial charge < -0.3 is 10.2 Å². The lowest BCUT2D eigenvalue weighted by molar-refractivity contribution is -0.278. The van der Waals surface area contributed by atoms with Crippen LogP contribution in [-0.4, -0.2) is 27.7 Å². The van der Waals surface area contributed by atoms with Crippen LogP contribution in [0.4, 0.5) is 0 Å². The molecule has 0 aliphatic carbocycles. The van der Waals surface area contributed by atoms with E-state index in [1.54, 1.807) is 17.0 Å². The lowest BCUT2D eigenvalue weighted by Crippen LogP contribution is -2.47. The van der Waals surface area contributed by atoms with Crippen LogP contribution in [0.15, 0.2) is 30.3 Å². The fourth-order valence-electron chi connectivity index (χ4n) is 2.22. The van der Waals surface area contributed by atoms with Gasteiger partial charge in [-0.05, 0) is 19.8 Å². The first-order valence-electron chi connectivity index (χ1n) is 5.39. The number of hydrogen-bond donors (Lipinski definition) is 2. The number of nitrogens with zero attached hydrogens (tertiary/aromatic N) is 1. The molecule has 15 heavy (non-hydrogen) atoms. The molecule has 0 bridgehead atoms. The molecule has 0 amide bonds. The van der Waals surface area contributed by atoms with Gasteiger partial charge in [0.15, 0.2) is 0 Å². The summed E-state index contributed by atoms with van der Waals surface area (Å²) in [5, 5.41) is 20.3. The van der Waals surface area contributed by atoms with Crippen LogP contribution in [0.5, 0.6) is 0 Å². The third-order valence-electron chi connectivity index (χ3n) is 3.11. The second-order valence-corrected chi connectivity index (χ2v) is 4.19. The quantitative estimate of drug-likeness (QED) is 0.718. The summed E-state index contributed by atoms with van der Waals surface area (Å²) in [7, 11) is 0. The van der Waals surface area contributed by atoms with E-state index in [0.717, 1.165) is 19.4 Å². The molecule has 1 fully saturated rings. The maximum atomic E-state index is 10.1. The van der Waals surface area contributed by atoms with Gasteiger partial charge in [0.25, 0.3) is 5.91 Å². The predicted molar refractivity (Wildman–Crippen MR) is 58.0 cm³/mol. The second-order valence-electron chi connectivity index (χ2n) is 4.19. The number of rotatable bonds is 2. The molecule has 0 spiro atoms. The van der Waals surface area contributed by atoms with E-state index in [1.165, 1.54) is 0 Å². The molecule has 2 rings (SSSR count). The SMILES string of the molecule is CC1CCCN1C(O)(O)c1ccccc1. The van der Waals surface area contributed by atoms with Gasteiger partial charge in [-0.3, -0.25) is 0 Å². The Labute approximate surface area is 90.0 Å². The molecule has 1 atom stereocenters. The number of hydrogen-bond acceptors (Lipinski definition) is 3. The number of benzene rings is 1. The lowest BCUT2D eigenvalue weighted by atomic mass is 10.1. The van der Waals surface area contributed by atoms with Crippen molar-refractivity contribution in [3.8, 4) is 0 Å². The largest absolute Gasteiger partial charge is 0.349 e. The van der Waals surface area contributed by atoms with Gasteiger partial charge in [0.05, 0.1) is 0 Å². The molecule has 1 saturated heterocycles. The van der Waals surface area contributed by atoms with Gasteiger partial charge in [0.2, 0.25) is 0 Å². The van der Waals surface area contributed by atoms with E-state index in [0.29, 0.717) is 5.56 Å². The van der Waals surface area contributed by atoms with Crippen molar-refractivity contribution in [3.63, 3.8) is 0 Å². The van der Waals surface area contributed by atoms with Crippen LogP contribution in [0.2, 0.25) is 0 Å². The van der Waals surface area contributed by atoms with Crippen molar-refractivity contribution in [2.24, 2.45) is 0 Å². The van der Waals surface area contributed by atoms with Crippen LogP contribution in [0.1, 0.15) is 25.3 Å². The summed E-state index contributed by atoms with van der Waals surface area (Å²) in [6, 6.07) is 9.21. The standard InChI is InChI=1S/C12H17NO2/c1-10-6-5-9-13(10)12(14,15)11-7-3-2-4-8-11/h2-4,7-8,10,14-15H,5-6,9H2,1H3. The van der Waals surface area contributed by atoms with Gasteiger partial charge in [-0.2, -0.15) is 0 Å². The molecule has 82 valence electrons. The first kappa shape index (κ1) is 10.6. The Bertz CT molecular complexity index is 324. The highest BCUT2D eigenvalue weighted by molar-refractivity contribution is 5.19. The van der Waals surface area contributed by atoms with Crippen molar-refractivity contribution in [1.29, 1.82) is 0 Å². The normalized spacial score (nSPS) is 23.3. The molecule has 1 aliphatic rings. The summed E-state index contributed by atoms with van der Waals surface area (Å²) in [6.07, 6.45) is 2.05. The number of likely N-dealkylation sites (tertiary alicyclic amines) is 1. The van der Waals surface area contributed by atoms with E-state index in [4.69, 9.17) is 0 Å². The maximum absolute atomic E-state index is 10.1. The summed E-state index contributed by atoms with van der Waals surface area (Å²) >= 11 is 0. The molecule has 0 aromatic heterocycles. The molecule has 1 unspecified atom stereocenters. The van der Waals surface area contributed by atoms with Crippen molar-refractivity contribution in [2.75, 3.05) is 6.54 Å². The molecule has 0 radical (unpaired) electrons. The average Bonchev–Trinajstić information content (AvgIpc) is 2.66. The Morgan fingerprint density at radius 3 is 2.47 bits per heavy atom. The Kier molecular flexibility index (Phi) is 2.78. The van der Waals surface area contributed by atoms with E-state index < -0.39 is 5.91 Å². The maximum Gasteiger partial charge on any atom is 0.253 e. The first-order chi connectivity index (χ1) is 7.12. The van der Waals surface area contributed by atoms with Crippen LogP contribution in [0.3, 0.4) is 0 Å². The van der Waals surface area contributed by atoms with Gasteiger partial charge >= 0.3 is 0 Å². The molecule has 0 saturated carbocycles. The minimum absolute atomic E-state index is 0.222. The highest BCUT2D eigenvalue weighted by Gasteiger charge is 2.39. The number of aliphatic hydroxyl groups is 2. The molecule has 1 aromatic rings. The highest BCUT2D eigenvalue weighted by Crippen LogP contribution is 2.30. The van der Waals surface area contributed by atoms with Crippen LogP contribution in [-0.2, 0) is 5.91 Å². The van der Waals surface area contributed by atoms with Crippen molar-refractivity contribution >= 4 is 0 Å². The van der Waals surface area contributed by atoms with Gasteiger partial charge in [-0.15, -0.1) is 0 Å². The summed E-state index contributed by atoms with van der Waals surface area (Å²) in [5.41, 5.74) is 0.541. The van der Waals surface area contributed by atoms with Crippen molar-refractivity contribution in [1.82, 2.24) is 4.90 Å². The van der Waals surface area contributed by atoms with E-state index in [2.05, 4.69) is 0 Å². The zero-order valence-electron chi connectivity index (χ0n) is 8.93. The van der Waals surface area contributed by atoms with Gasteiger partial charge in [-0.25, -0.2) is 4.90 Å². The Balaban J connectivity index is 2.26. The Morgan fingerprint density at radius 2 is 1.93 bits per heavy atom. The van der Waals surface area contributed by atoms with Gasteiger partial charge in [0.1, 0.15) is 0 Å². The fraction of sp³-hybridized carbons (Fsp3) is 0.500. The molecule has 2 N–H and O–H groups in total. The summed E-state index contributed by atoms with van der Waals surface area (Å²) < 4.78 is 0. The van der Waals surface area contributed by atoms with E-state index in [-0.39, 0.29) is 6.04 Å². The predicted octanol–water partition coefficient (Wildman–Crippen LogP) is 1.27. The zero-order chi connectivity index (χ0) is 10.9. The van der Waals surface area contributed by atoms with Gasteiger partial charge in [0, 0.05) is 18.2 Å². The van der Waals surface area contributed by atoms with Gasteiger partial charge in [-0.1, -0.05) is 30.3 Å². The smallest absolute Gasteiger partial charge is 0.253 e. The zero-order valence-corrected chi connectivity index (χ0v) is 8.93. The monoisotopic (exact) mass is 207 g/mol. The van der Waals surface area contributed by atoms with E-state index >= 15 is 0 Å². The van der Waals surface area contributed by atoms with E-state index in [9.17, 15) is 10.2 Å². The highest BCUT2D eigenvalue weighted by atomic mass is 16.5. The van der Waals surface area contributed by atoms with Crippen LogP contribution < -0.4 is 0 Å². The first-order valence-corrected chi connectivity index (χ1v) is 5.39. The van der Waals surface area contributed by atoms with E-state index in [1.807, 2.05) is 25.1 Å². The fourth-order valence-corrected chi connectivity index (χ4v) is 2.22. The summed E-state index contributed by atoms with van der Waals surface area (Å²) in [6.45, 7) is 2.76. The Morgan fingerprint density at radius 1 is 1.27 bits per heavy atom. The molecule has 1 heterocycles. The average molecular weight is 207 g/mol. The minimum atomic E-state index is -1.82. The van der Waals surface area contributed by atoms with Crippen LogP contribution >= 0.6 is 0 Å². The summed E-state index contributed by atoms with van der Waals surface area (Å²) in [5.74, 6) is -1.82. The molecule has 3 heteroatoms. The Hall–Kier alpha value is -0.900. The van der Waals surface area contributed by atoms with Crippen molar-refractivity contribution in [3.05, 3.63) is 35.9 Å². The minimum Gasteiger partial charge on any atom is -0.349 e. The van der Waals surface area contributed by atoms with Crippen molar-refractivity contribution < 1.29 is 10.2 Å². The third-order valence-corrected chi connectivity index (χ3v) is 3.11. The molecule has 3 nitrogen and oxygen atoms in total. The molecule has 1 aliphatic heterocycles.